The van der Waals surface area contributed by atoms with Crippen LogP contribution in [0, 0.1) is 5.92 Å². The molecule has 3 atom stereocenters. The van der Waals surface area contributed by atoms with Crippen molar-refractivity contribution in [3.63, 3.8) is 0 Å². The van der Waals surface area contributed by atoms with Gasteiger partial charge in [-0.25, -0.2) is 4.79 Å². The fraction of sp³-hybridized carbons (Fsp3) is 0.700. The third-order valence-electron chi connectivity index (χ3n) is 2.56. The predicted molar refractivity (Wildman–Crippen MR) is 51.6 cm³/mol. The first-order valence-electron chi connectivity index (χ1n) is 5.11. The number of esters is 1. The van der Waals surface area contributed by atoms with Crippen LogP contribution in [0.25, 0.3) is 0 Å². The van der Waals surface area contributed by atoms with Crippen molar-refractivity contribution in [1.82, 2.24) is 0 Å². The zero-order chi connectivity index (χ0) is 11.9. The summed E-state index contributed by atoms with van der Waals surface area (Å²) in [6.45, 7) is 4.08. The van der Waals surface area contributed by atoms with Crippen molar-refractivity contribution in [3.05, 3.63) is 11.5 Å². The van der Waals surface area contributed by atoms with E-state index in [1.165, 1.54) is 0 Å². The van der Waals surface area contributed by atoms with E-state index in [-0.39, 0.29) is 18.8 Å². The van der Waals surface area contributed by atoms with Gasteiger partial charge >= 0.3 is 5.97 Å². The molecule has 1 saturated heterocycles. The second-order valence-corrected chi connectivity index (χ2v) is 4.18. The van der Waals surface area contributed by atoms with Crippen LogP contribution in [0.2, 0.25) is 0 Å². The standard InChI is InChI=1S/C10H14O6/c1-4(2)10-14-3-5(15-10)8-6(11)7(12)9(13)16-8/h4-5,8,10-12H,3H2,1-2H3. The maximum Gasteiger partial charge on any atom is 0.377 e. The minimum absolute atomic E-state index is 0.168. The molecule has 3 unspecified atom stereocenters. The Hall–Kier alpha value is -1.27. The van der Waals surface area contributed by atoms with Gasteiger partial charge in [0.15, 0.2) is 18.2 Å². The Kier molecular flexibility index (Phi) is 2.77. The second-order valence-electron chi connectivity index (χ2n) is 4.18. The minimum Gasteiger partial charge on any atom is -0.505 e. The molecule has 90 valence electrons. The van der Waals surface area contributed by atoms with Crippen molar-refractivity contribution in [2.75, 3.05) is 6.61 Å². The second kappa shape index (κ2) is 3.95. The molecule has 0 aromatic heterocycles. The predicted octanol–water partition coefficient (Wildman–Crippen LogP) is 0.637. The summed E-state index contributed by atoms with van der Waals surface area (Å²) in [5, 5.41) is 18.6. The molecule has 2 rings (SSSR count). The lowest BCUT2D eigenvalue weighted by Gasteiger charge is -2.17. The highest BCUT2D eigenvalue weighted by atomic mass is 16.7. The van der Waals surface area contributed by atoms with Gasteiger partial charge in [0.1, 0.15) is 6.10 Å². The SMILES string of the molecule is CC(C)C1OCC(C2OC(=O)C(O)=C2O)O1. The largest absolute Gasteiger partial charge is 0.505 e. The van der Waals surface area contributed by atoms with Gasteiger partial charge < -0.3 is 24.4 Å². The molecule has 0 saturated carbocycles. The third-order valence-corrected chi connectivity index (χ3v) is 2.56. The molecule has 2 aliphatic heterocycles. The minimum atomic E-state index is -0.962. The number of ether oxygens (including phenoxy) is 3. The van der Waals surface area contributed by atoms with E-state index in [9.17, 15) is 9.90 Å². The van der Waals surface area contributed by atoms with Gasteiger partial charge in [-0.2, -0.15) is 0 Å². The Labute approximate surface area is 92.4 Å². The molecule has 0 amide bonds. The van der Waals surface area contributed by atoms with Gasteiger partial charge in [0.05, 0.1) is 6.61 Å². The summed E-state index contributed by atoms with van der Waals surface area (Å²) < 4.78 is 15.6. The van der Waals surface area contributed by atoms with E-state index in [2.05, 4.69) is 0 Å². The zero-order valence-corrected chi connectivity index (χ0v) is 9.04. The lowest BCUT2D eigenvalue weighted by molar-refractivity contribution is -0.150. The first-order chi connectivity index (χ1) is 7.50. The molecular formula is C10H14O6. The number of carbonyl (C=O) groups is 1. The lowest BCUT2D eigenvalue weighted by atomic mass is 10.2. The monoisotopic (exact) mass is 230 g/mol. The summed E-state index contributed by atoms with van der Waals surface area (Å²) in [4.78, 5) is 11.0. The van der Waals surface area contributed by atoms with E-state index in [1.54, 1.807) is 0 Å². The van der Waals surface area contributed by atoms with Crippen LogP contribution in [-0.4, -0.2) is 41.3 Å². The summed E-state index contributed by atoms with van der Waals surface area (Å²) in [5.74, 6) is -1.99. The van der Waals surface area contributed by atoms with Crippen molar-refractivity contribution in [3.8, 4) is 0 Å². The van der Waals surface area contributed by atoms with Crippen LogP contribution < -0.4 is 0 Å². The first kappa shape index (κ1) is 11.2. The number of aliphatic hydroxyl groups is 2. The maximum atomic E-state index is 11.0. The van der Waals surface area contributed by atoms with E-state index >= 15 is 0 Å². The topological polar surface area (TPSA) is 85.2 Å². The number of carbonyl (C=O) groups excluding carboxylic acids is 1. The number of hydrogen-bond donors (Lipinski definition) is 2. The Morgan fingerprint density at radius 1 is 1.38 bits per heavy atom. The third kappa shape index (κ3) is 1.74. The van der Waals surface area contributed by atoms with Crippen molar-refractivity contribution in [1.29, 1.82) is 0 Å². The normalized spacial score (nSPS) is 34.9. The fourth-order valence-corrected chi connectivity index (χ4v) is 1.67. The molecule has 2 N–H and O–H groups in total. The van der Waals surface area contributed by atoms with Crippen LogP contribution in [-0.2, 0) is 19.0 Å². The molecule has 0 bridgehead atoms. The lowest BCUT2D eigenvalue weighted by Crippen LogP contribution is -2.31. The van der Waals surface area contributed by atoms with E-state index in [0.717, 1.165) is 0 Å². The summed E-state index contributed by atoms with van der Waals surface area (Å²) in [7, 11) is 0. The van der Waals surface area contributed by atoms with E-state index in [4.69, 9.17) is 19.3 Å². The molecule has 0 spiro atoms. The highest BCUT2D eigenvalue weighted by Gasteiger charge is 2.44. The van der Waals surface area contributed by atoms with Gasteiger partial charge in [0.25, 0.3) is 0 Å². The van der Waals surface area contributed by atoms with Crippen molar-refractivity contribution < 1.29 is 29.2 Å². The van der Waals surface area contributed by atoms with Gasteiger partial charge in [0, 0.05) is 5.92 Å². The van der Waals surface area contributed by atoms with E-state index in [0.29, 0.717) is 0 Å². The summed E-state index contributed by atoms with van der Waals surface area (Å²) in [6.07, 6.45) is -1.91. The fourth-order valence-electron chi connectivity index (χ4n) is 1.67. The molecule has 2 heterocycles. The zero-order valence-electron chi connectivity index (χ0n) is 9.04. The van der Waals surface area contributed by atoms with Crippen LogP contribution in [0.1, 0.15) is 13.8 Å². The van der Waals surface area contributed by atoms with Crippen LogP contribution in [0.15, 0.2) is 11.5 Å². The van der Waals surface area contributed by atoms with Gasteiger partial charge in [-0.15, -0.1) is 0 Å². The molecule has 0 radical (unpaired) electrons. The molecule has 2 aliphatic rings. The van der Waals surface area contributed by atoms with Gasteiger partial charge in [0.2, 0.25) is 5.76 Å². The van der Waals surface area contributed by atoms with Crippen LogP contribution in [0.4, 0.5) is 0 Å². The first-order valence-corrected chi connectivity index (χ1v) is 5.11. The molecule has 0 aliphatic carbocycles. The Balaban J connectivity index is 2.04. The summed E-state index contributed by atoms with van der Waals surface area (Å²) >= 11 is 0. The Morgan fingerprint density at radius 2 is 2.06 bits per heavy atom. The highest BCUT2D eigenvalue weighted by molar-refractivity contribution is 5.89. The van der Waals surface area contributed by atoms with Gasteiger partial charge in [-0.3, -0.25) is 0 Å². The molecule has 1 fully saturated rings. The van der Waals surface area contributed by atoms with E-state index < -0.39 is 29.7 Å². The number of rotatable bonds is 2. The average molecular weight is 230 g/mol. The number of hydrogen-bond acceptors (Lipinski definition) is 6. The molecule has 6 nitrogen and oxygen atoms in total. The van der Waals surface area contributed by atoms with Crippen molar-refractivity contribution in [2.24, 2.45) is 5.92 Å². The number of cyclic esters (lactones) is 1. The smallest absolute Gasteiger partial charge is 0.377 e. The molecule has 0 aromatic carbocycles. The quantitative estimate of drug-likeness (QED) is 0.677. The Bertz CT molecular complexity index is 334. The molecular weight excluding hydrogens is 216 g/mol. The Morgan fingerprint density at radius 3 is 2.50 bits per heavy atom. The summed E-state index contributed by atoms with van der Waals surface area (Å²) in [6, 6.07) is 0. The van der Waals surface area contributed by atoms with Crippen LogP contribution in [0.3, 0.4) is 0 Å². The molecule has 6 heteroatoms. The highest BCUT2D eigenvalue weighted by Crippen LogP contribution is 2.29. The van der Waals surface area contributed by atoms with Crippen LogP contribution >= 0.6 is 0 Å². The number of aliphatic hydroxyl groups excluding tert-OH is 2. The molecule has 0 aromatic rings. The average Bonchev–Trinajstić information content (AvgIpc) is 2.79. The summed E-state index contributed by atoms with van der Waals surface area (Å²) in [5.41, 5.74) is 0. The van der Waals surface area contributed by atoms with E-state index in [1.807, 2.05) is 13.8 Å². The van der Waals surface area contributed by atoms with Crippen molar-refractivity contribution >= 4 is 5.97 Å². The van der Waals surface area contributed by atoms with Crippen LogP contribution in [0.5, 0.6) is 0 Å². The maximum absolute atomic E-state index is 11.0. The van der Waals surface area contributed by atoms with Gasteiger partial charge in [-0.05, 0) is 0 Å². The van der Waals surface area contributed by atoms with Gasteiger partial charge in [-0.1, -0.05) is 13.8 Å². The van der Waals surface area contributed by atoms with Crippen molar-refractivity contribution in [2.45, 2.75) is 32.3 Å². The molecule has 16 heavy (non-hydrogen) atoms.